The summed E-state index contributed by atoms with van der Waals surface area (Å²) in [6, 6.07) is 6.05. The standard InChI is InChI=1S/C15H16N4O6/c1-25-12-4-2-3-10(5-12)13(15(22)8-17(9-15)14(20)21)18-7-11(6-16-18)19(23)24/h2-7,13,22H,8-9H2,1H3,(H,20,21). The molecule has 2 heterocycles. The van der Waals surface area contributed by atoms with Gasteiger partial charge in [-0.05, 0) is 17.7 Å². The Kier molecular flexibility index (Phi) is 4.05. The summed E-state index contributed by atoms with van der Waals surface area (Å²) in [5.74, 6) is 0.544. The lowest BCUT2D eigenvalue weighted by atomic mass is 9.82. The molecule has 1 aliphatic rings. The Bertz CT molecular complexity index is 814. The average molecular weight is 348 g/mol. The number of hydrogen-bond donors (Lipinski definition) is 2. The number of amides is 1. The molecule has 0 bridgehead atoms. The zero-order chi connectivity index (χ0) is 18.2. The fourth-order valence-corrected chi connectivity index (χ4v) is 3.01. The number of carbonyl (C=O) groups is 1. The summed E-state index contributed by atoms with van der Waals surface area (Å²) in [7, 11) is 1.50. The van der Waals surface area contributed by atoms with Crippen LogP contribution in [0.4, 0.5) is 10.5 Å². The van der Waals surface area contributed by atoms with Crippen molar-refractivity contribution in [1.29, 1.82) is 0 Å². The lowest BCUT2D eigenvalue weighted by Gasteiger charge is -2.49. The molecule has 1 aromatic heterocycles. The molecule has 1 atom stereocenters. The van der Waals surface area contributed by atoms with E-state index >= 15 is 0 Å². The van der Waals surface area contributed by atoms with Crippen LogP contribution in [0, 0.1) is 10.1 Å². The zero-order valence-electron chi connectivity index (χ0n) is 13.3. The number of β-amino-alcohol motifs (C(OH)–C–C–N with tert-alkyl or cyclic N) is 1. The van der Waals surface area contributed by atoms with Gasteiger partial charge in [-0.2, -0.15) is 5.10 Å². The summed E-state index contributed by atoms with van der Waals surface area (Å²) in [6.07, 6.45) is 1.16. The fourth-order valence-electron chi connectivity index (χ4n) is 3.01. The number of aliphatic hydroxyl groups is 1. The van der Waals surface area contributed by atoms with Gasteiger partial charge in [0.2, 0.25) is 0 Å². The number of likely N-dealkylation sites (tertiary alicyclic amines) is 1. The van der Waals surface area contributed by atoms with Crippen molar-refractivity contribution in [3.63, 3.8) is 0 Å². The van der Waals surface area contributed by atoms with Crippen LogP contribution in [0.3, 0.4) is 0 Å². The van der Waals surface area contributed by atoms with Crippen molar-refractivity contribution in [1.82, 2.24) is 14.7 Å². The summed E-state index contributed by atoms with van der Waals surface area (Å²) in [6.45, 7) is -0.254. The lowest BCUT2D eigenvalue weighted by Crippen LogP contribution is -2.67. The molecule has 1 aromatic carbocycles. The molecule has 3 rings (SSSR count). The Morgan fingerprint density at radius 3 is 2.76 bits per heavy atom. The number of aromatic nitrogens is 2. The third-order valence-corrected chi connectivity index (χ3v) is 4.18. The second-order valence-corrected chi connectivity index (χ2v) is 5.86. The molecular formula is C15H16N4O6. The molecule has 0 aliphatic carbocycles. The molecule has 25 heavy (non-hydrogen) atoms. The largest absolute Gasteiger partial charge is 0.497 e. The minimum Gasteiger partial charge on any atom is -0.497 e. The maximum atomic E-state index is 11.0. The van der Waals surface area contributed by atoms with E-state index in [4.69, 9.17) is 9.84 Å². The van der Waals surface area contributed by atoms with E-state index in [1.54, 1.807) is 24.3 Å². The van der Waals surface area contributed by atoms with Crippen molar-refractivity contribution in [2.45, 2.75) is 11.6 Å². The summed E-state index contributed by atoms with van der Waals surface area (Å²) in [4.78, 5) is 22.5. The second-order valence-electron chi connectivity index (χ2n) is 5.86. The van der Waals surface area contributed by atoms with Gasteiger partial charge >= 0.3 is 11.8 Å². The number of nitrogens with zero attached hydrogens (tertiary/aromatic N) is 4. The van der Waals surface area contributed by atoms with E-state index < -0.39 is 22.7 Å². The number of hydrogen-bond acceptors (Lipinski definition) is 6. The van der Waals surface area contributed by atoms with Crippen LogP contribution in [0.15, 0.2) is 36.7 Å². The third-order valence-electron chi connectivity index (χ3n) is 4.18. The number of nitro groups is 1. The number of benzene rings is 1. The number of ether oxygens (including phenoxy) is 1. The second kappa shape index (κ2) is 6.06. The highest BCUT2D eigenvalue weighted by Gasteiger charge is 2.51. The summed E-state index contributed by atoms with van der Waals surface area (Å²) in [5.41, 5.74) is -1.05. The lowest BCUT2D eigenvalue weighted by molar-refractivity contribution is -0.385. The Morgan fingerprint density at radius 1 is 1.48 bits per heavy atom. The van der Waals surface area contributed by atoms with Crippen LogP contribution < -0.4 is 4.74 Å². The van der Waals surface area contributed by atoms with Gasteiger partial charge < -0.3 is 19.8 Å². The van der Waals surface area contributed by atoms with Gasteiger partial charge in [-0.1, -0.05) is 12.1 Å². The van der Waals surface area contributed by atoms with Crippen molar-refractivity contribution in [3.05, 3.63) is 52.3 Å². The number of rotatable bonds is 5. The Hall–Kier alpha value is -3.14. The van der Waals surface area contributed by atoms with Gasteiger partial charge in [0.15, 0.2) is 0 Å². The molecule has 1 aliphatic heterocycles. The van der Waals surface area contributed by atoms with Crippen LogP contribution in [0.25, 0.3) is 0 Å². The highest BCUT2D eigenvalue weighted by atomic mass is 16.6. The topological polar surface area (TPSA) is 131 Å². The van der Waals surface area contributed by atoms with Gasteiger partial charge in [0, 0.05) is 0 Å². The molecule has 1 saturated heterocycles. The molecule has 0 spiro atoms. The maximum Gasteiger partial charge on any atom is 0.407 e. The number of methoxy groups -OCH3 is 1. The quantitative estimate of drug-likeness (QED) is 0.611. The van der Waals surface area contributed by atoms with Crippen LogP contribution in [-0.2, 0) is 0 Å². The molecule has 0 radical (unpaired) electrons. The molecule has 2 N–H and O–H groups in total. The number of carboxylic acid groups (broad SMARTS) is 1. The van der Waals surface area contributed by atoms with Gasteiger partial charge in [0.25, 0.3) is 0 Å². The van der Waals surface area contributed by atoms with Crippen molar-refractivity contribution < 1.29 is 24.7 Å². The Morgan fingerprint density at radius 2 is 2.20 bits per heavy atom. The minimum atomic E-state index is -1.44. The first-order valence-electron chi connectivity index (χ1n) is 7.37. The molecule has 132 valence electrons. The summed E-state index contributed by atoms with van der Waals surface area (Å²) < 4.78 is 6.47. The van der Waals surface area contributed by atoms with Crippen molar-refractivity contribution in [3.8, 4) is 5.75 Å². The molecule has 1 fully saturated rings. The maximum absolute atomic E-state index is 11.0. The highest BCUT2D eigenvalue weighted by Crippen LogP contribution is 2.38. The molecule has 10 nitrogen and oxygen atoms in total. The van der Waals surface area contributed by atoms with Crippen LogP contribution in [0.1, 0.15) is 11.6 Å². The van der Waals surface area contributed by atoms with E-state index in [1.807, 2.05) is 0 Å². The Balaban J connectivity index is 2.02. The molecule has 10 heteroatoms. The fraction of sp³-hybridized carbons (Fsp3) is 0.333. The van der Waals surface area contributed by atoms with Crippen LogP contribution >= 0.6 is 0 Å². The summed E-state index contributed by atoms with van der Waals surface area (Å²) in [5, 5.41) is 34.9. The van der Waals surface area contributed by atoms with E-state index in [0.717, 1.165) is 11.1 Å². The van der Waals surface area contributed by atoms with Crippen LogP contribution in [0.5, 0.6) is 5.75 Å². The van der Waals surface area contributed by atoms with Crippen molar-refractivity contribution >= 4 is 11.8 Å². The molecule has 2 aromatic rings. The monoisotopic (exact) mass is 348 g/mol. The van der Waals surface area contributed by atoms with Gasteiger partial charge in [-0.15, -0.1) is 0 Å². The summed E-state index contributed by atoms with van der Waals surface area (Å²) >= 11 is 0. The normalized spacial score (nSPS) is 16.8. The predicted molar refractivity (Wildman–Crippen MR) is 84.6 cm³/mol. The van der Waals surface area contributed by atoms with Gasteiger partial charge in [0.05, 0.1) is 25.1 Å². The van der Waals surface area contributed by atoms with E-state index in [2.05, 4.69) is 5.10 Å². The zero-order valence-corrected chi connectivity index (χ0v) is 13.3. The van der Waals surface area contributed by atoms with E-state index in [0.29, 0.717) is 11.3 Å². The first-order valence-corrected chi connectivity index (χ1v) is 7.37. The molecule has 1 amide bonds. The first-order chi connectivity index (χ1) is 11.8. The van der Waals surface area contributed by atoms with Crippen LogP contribution in [-0.4, -0.2) is 61.7 Å². The van der Waals surface area contributed by atoms with E-state index in [-0.39, 0.29) is 18.8 Å². The molecular weight excluding hydrogens is 332 g/mol. The average Bonchev–Trinajstić information content (AvgIpc) is 3.02. The van der Waals surface area contributed by atoms with Crippen LogP contribution in [0.2, 0.25) is 0 Å². The highest BCUT2D eigenvalue weighted by molar-refractivity contribution is 5.66. The van der Waals surface area contributed by atoms with Gasteiger partial charge in [0.1, 0.15) is 29.8 Å². The van der Waals surface area contributed by atoms with Gasteiger partial charge in [-0.3, -0.25) is 14.8 Å². The first kappa shape index (κ1) is 16.7. The van der Waals surface area contributed by atoms with Gasteiger partial charge in [-0.25, -0.2) is 4.79 Å². The minimum absolute atomic E-state index is 0.127. The third kappa shape index (κ3) is 2.98. The van der Waals surface area contributed by atoms with E-state index in [1.165, 1.54) is 18.0 Å². The SMILES string of the molecule is COc1cccc(C(n2cc([N+](=O)[O-])cn2)C2(O)CN(C(=O)O)C2)c1. The van der Waals surface area contributed by atoms with Crippen molar-refractivity contribution in [2.75, 3.05) is 20.2 Å². The van der Waals surface area contributed by atoms with E-state index in [9.17, 15) is 20.0 Å². The Labute approximate surface area is 142 Å². The molecule has 0 saturated carbocycles. The smallest absolute Gasteiger partial charge is 0.407 e. The molecule has 1 unspecified atom stereocenters. The predicted octanol–water partition coefficient (Wildman–Crippen LogP) is 1.11. The van der Waals surface area contributed by atoms with Crippen molar-refractivity contribution in [2.24, 2.45) is 0 Å².